The van der Waals surface area contributed by atoms with E-state index in [4.69, 9.17) is 14.3 Å². The highest BCUT2D eigenvalue weighted by molar-refractivity contribution is 6.74. The zero-order valence-electron chi connectivity index (χ0n) is 18.9. The molecule has 3 rings (SSSR count). The van der Waals surface area contributed by atoms with Gasteiger partial charge in [-0.2, -0.15) is 0 Å². The summed E-state index contributed by atoms with van der Waals surface area (Å²) >= 11 is 0. The summed E-state index contributed by atoms with van der Waals surface area (Å²) in [6, 6.07) is 0. The molecule has 0 aromatic heterocycles. The Morgan fingerprint density at radius 3 is 2.54 bits per heavy atom. The first kappa shape index (κ1) is 22.0. The van der Waals surface area contributed by atoms with E-state index in [-0.39, 0.29) is 16.1 Å². The van der Waals surface area contributed by atoms with Gasteiger partial charge in [0, 0.05) is 18.6 Å². The number of carbonyl (C=O) groups is 1. The zero-order valence-corrected chi connectivity index (χ0v) is 19.9. The number of carboxylic acids is 1. The zero-order chi connectivity index (χ0) is 21.0. The van der Waals surface area contributed by atoms with E-state index in [1.807, 2.05) is 0 Å². The van der Waals surface area contributed by atoms with Crippen LogP contribution < -0.4 is 0 Å². The number of hydrogen-bond donors (Lipinski definition) is 1. The fourth-order valence-electron chi connectivity index (χ4n) is 6.12. The van der Waals surface area contributed by atoms with Crippen molar-refractivity contribution in [3.05, 3.63) is 11.6 Å². The van der Waals surface area contributed by atoms with Crippen molar-refractivity contribution < 1.29 is 19.1 Å². The van der Waals surface area contributed by atoms with Gasteiger partial charge >= 0.3 is 5.97 Å². The highest BCUT2D eigenvalue weighted by atomic mass is 28.4. The summed E-state index contributed by atoms with van der Waals surface area (Å²) in [5.74, 6) is 0.197. The van der Waals surface area contributed by atoms with Crippen LogP contribution in [0, 0.1) is 17.3 Å². The predicted molar refractivity (Wildman–Crippen MR) is 115 cm³/mol. The van der Waals surface area contributed by atoms with Crippen molar-refractivity contribution in [2.75, 3.05) is 6.61 Å². The van der Waals surface area contributed by atoms with E-state index in [0.717, 1.165) is 18.4 Å². The monoisotopic (exact) mass is 408 g/mol. The van der Waals surface area contributed by atoms with E-state index in [1.54, 1.807) is 0 Å². The normalized spacial score (nSPS) is 40.7. The number of ether oxygens (including phenoxy) is 1. The molecule has 2 saturated carbocycles. The summed E-state index contributed by atoms with van der Waals surface area (Å²) in [7, 11) is -1.79. The maximum absolute atomic E-state index is 11.1. The van der Waals surface area contributed by atoms with E-state index in [9.17, 15) is 4.79 Å². The van der Waals surface area contributed by atoms with Crippen LogP contribution in [0.3, 0.4) is 0 Å². The molecular formula is C23H40O4Si. The molecule has 1 N–H and O–H groups in total. The van der Waals surface area contributed by atoms with Crippen LogP contribution in [0.5, 0.6) is 0 Å². The van der Waals surface area contributed by atoms with Crippen LogP contribution in [0.1, 0.15) is 73.1 Å². The number of rotatable bonds is 4. The largest absolute Gasteiger partial charge is 0.478 e. The first-order valence-electron chi connectivity index (χ1n) is 11.0. The fourth-order valence-corrected chi connectivity index (χ4v) is 7.51. The van der Waals surface area contributed by atoms with E-state index in [1.165, 1.54) is 31.8 Å². The molecule has 0 spiro atoms. The standard InChI is InChI=1S/C23H40O4Si/c1-21(2,3)28(6,7)27-18-9-8-12-22(4)17(18)10-11-19(22)23(5)14-16(15-26-23)13-20(24)25/h13,17-19H,8-12,14-15H2,1-7H3,(H,24,25)/t17-,18-,19-,22-,23?/m0/s1. The summed E-state index contributed by atoms with van der Waals surface area (Å²) in [6.45, 7) is 16.8. The fraction of sp³-hybridized carbons (Fsp3) is 0.870. The molecule has 28 heavy (non-hydrogen) atoms. The van der Waals surface area contributed by atoms with Crippen LogP contribution in [0.15, 0.2) is 11.6 Å². The lowest BCUT2D eigenvalue weighted by atomic mass is 9.60. The molecule has 5 heteroatoms. The highest BCUT2D eigenvalue weighted by Crippen LogP contribution is 2.62. The highest BCUT2D eigenvalue weighted by Gasteiger charge is 2.59. The SMILES string of the molecule is CC1([C@H]2CC[C@H]3[C@@H](O[Si](C)(C)C(C)(C)C)CCC[C@]23C)CC(=CC(=O)O)CO1. The Balaban J connectivity index is 1.80. The summed E-state index contributed by atoms with van der Waals surface area (Å²) < 4.78 is 13.2. The average Bonchev–Trinajstić information content (AvgIpc) is 3.07. The first-order valence-corrected chi connectivity index (χ1v) is 13.9. The third-order valence-electron chi connectivity index (χ3n) is 8.54. The molecule has 3 aliphatic rings. The summed E-state index contributed by atoms with van der Waals surface area (Å²) in [5, 5.41) is 9.34. The van der Waals surface area contributed by atoms with Crippen molar-refractivity contribution in [2.45, 2.75) is 103 Å². The second kappa shape index (κ2) is 7.24. The minimum Gasteiger partial charge on any atom is -0.478 e. The second-order valence-electron chi connectivity index (χ2n) is 11.5. The Labute approximate surface area is 172 Å². The quantitative estimate of drug-likeness (QED) is 0.473. The van der Waals surface area contributed by atoms with Crippen molar-refractivity contribution in [1.29, 1.82) is 0 Å². The molecule has 3 fully saturated rings. The smallest absolute Gasteiger partial charge is 0.328 e. The van der Waals surface area contributed by atoms with Crippen molar-refractivity contribution in [2.24, 2.45) is 17.3 Å². The van der Waals surface area contributed by atoms with Gasteiger partial charge in [0.25, 0.3) is 0 Å². The van der Waals surface area contributed by atoms with Gasteiger partial charge in [0.2, 0.25) is 0 Å². The Hall–Kier alpha value is -0.653. The lowest BCUT2D eigenvalue weighted by Crippen LogP contribution is -2.52. The first-order chi connectivity index (χ1) is 12.8. The van der Waals surface area contributed by atoms with Crippen LogP contribution in [0.25, 0.3) is 0 Å². The van der Waals surface area contributed by atoms with Crippen molar-refractivity contribution in [1.82, 2.24) is 0 Å². The van der Waals surface area contributed by atoms with Gasteiger partial charge < -0.3 is 14.3 Å². The molecule has 4 nitrogen and oxygen atoms in total. The van der Waals surface area contributed by atoms with E-state index in [2.05, 4.69) is 47.7 Å². The van der Waals surface area contributed by atoms with Gasteiger partial charge in [0.15, 0.2) is 8.32 Å². The van der Waals surface area contributed by atoms with Gasteiger partial charge in [-0.05, 0) is 73.6 Å². The van der Waals surface area contributed by atoms with Crippen molar-refractivity contribution in [3.8, 4) is 0 Å². The predicted octanol–water partition coefficient (Wildman–Crippen LogP) is 5.78. The summed E-state index contributed by atoms with van der Waals surface area (Å²) in [4.78, 5) is 11.1. The van der Waals surface area contributed by atoms with Crippen LogP contribution in [-0.4, -0.2) is 37.7 Å². The molecule has 0 radical (unpaired) electrons. The van der Waals surface area contributed by atoms with E-state index < -0.39 is 14.3 Å². The molecule has 0 bridgehead atoms. The second-order valence-corrected chi connectivity index (χ2v) is 16.2. The molecule has 2 aliphatic carbocycles. The third-order valence-corrected chi connectivity index (χ3v) is 13.0. The van der Waals surface area contributed by atoms with Crippen LogP contribution in [0.2, 0.25) is 18.1 Å². The van der Waals surface area contributed by atoms with E-state index >= 15 is 0 Å². The third kappa shape index (κ3) is 3.87. The van der Waals surface area contributed by atoms with Gasteiger partial charge in [-0.1, -0.05) is 34.1 Å². The summed E-state index contributed by atoms with van der Waals surface area (Å²) in [5.41, 5.74) is 0.898. The minimum atomic E-state index is -1.79. The van der Waals surface area contributed by atoms with Crippen LogP contribution in [0.4, 0.5) is 0 Å². The van der Waals surface area contributed by atoms with E-state index in [0.29, 0.717) is 24.5 Å². The molecule has 1 heterocycles. The summed E-state index contributed by atoms with van der Waals surface area (Å²) in [6.07, 6.45) is 8.47. The number of hydrogen-bond acceptors (Lipinski definition) is 3. The van der Waals surface area contributed by atoms with Gasteiger partial charge in [-0.25, -0.2) is 4.79 Å². The Kier molecular flexibility index (Phi) is 5.70. The molecule has 1 saturated heterocycles. The van der Waals surface area contributed by atoms with Gasteiger partial charge in [0.05, 0.1) is 12.2 Å². The Bertz CT molecular complexity index is 649. The molecule has 0 amide bonds. The number of carboxylic acid groups (broad SMARTS) is 1. The average molecular weight is 409 g/mol. The van der Waals surface area contributed by atoms with Crippen molar-refractivity contribution >= 4 is 14.3 Å². The minimum absolute atomic E-state index is 0.221. The number of fused-ring (bicyclic) bond motifs is 1. The molecule has 1 unspecified atom stereocenters. The number of aliphatic carboxylic acids is 1. The van der Waals surface area contributed by atoms with Crippen molar-refractivity contribution in [3.63, 3.8) is 0 Å². The molecular weight excluding hydrogens is 368 g/mol. The van der Waals surface area contributed by atoms with Gasteiger partial charge in [-0.15, -0.1) is 0 Å². The molecule has 160 valence electrons. The van der Waals surface area contributed by atoms with Gasteiger partial charge in [-0.3, -0.25) is 0 Å². The molecule has 0 aromatic carbocycles. The molecule has 1 aliphatic heterocycles. The maximum atomic E-state index is 11.1. The Morgan fingerprint density at radius 1 is 1.25 bits per heavy atom. The molecule has 5 atom stereocenters. The Morgan fingerprint density at radius 2 is 1.93 bits per heavy atom. The maximum Gasteiger partial charge on any atom is 0.328 e. The topological polar surface area (TPSA) is 55.8 Å². The van der Waals surface area contributed by atoms with Gasteiger partial charge in [0.1, 0.15) is 0 Å². The lowest BCUT2D eigenvalue weighted by molar-refractivity contribution is -0.131. The van der Waals surface area contributed by atoms with Crippen LogP contribution in [-0.2, 0) is 14.0 Å². The molecule has 0 aromatic rings. The lowest BCUT2D eigenvalue weighted by Gasteiger charge is -2.51. The van der Waals surface area contributed by atoms with Crippen LogP contribution >= 0.6 is 0 Å².